The average Bonchev–Trinajstić information content (AvgIpc) is 2.45. The van der Waals surface area contributed by atoms with Crippen LogP contribution in [0.5, 0.6) is 0 Å². The Kier molecular flexibility index (Phi) is 9.27. The maximum absolute atomic E-state index is 11.7. The van der Waals surface area contributed by atoms with E-state index in [9.17, 15) is 27.6 Å². The molecule has 0 unspecified atom stereocenters. The number of nitrogens with one attached hydrogen (secondary N) is 2. The zero-order valence-corrected chi connectivity index (χ0v) is 13.8. The van der Waals surface area contributed by atoms with E-state index in [1.165, 1.54) is 0 Å². The topological polar surface area (TPSA) is 213 Å². The van der Waals surface area contributed by atoms with Gasteiger partial charge in [0.15, 0.2) is 0 Å². The lowest BCUT2D eigenvalue weighted by Crippen LogP contribution is -2.49. The lowest BCUT2D eigenvalue weighted by Gasteiger charge is -2.17. The Morgan fingerprint density at radius 2 is 1.75 bits per heavy atom. The molecule has 0 bridgehead atoms. The van der Waals surface area contributed by atoms with Crippen LogP contribution in [0.3, 0.4) is 0 Å². The van der Waals surface area contributed by atoms with Crippen LogP contribution in [0.2, 0.25) is 0 Å². The Morgan fingerprint density at radius 3 is 2.21 bits per heavy atom. The van der Waals surface area contributed by atoms with Crippen LogP contribution in [-0.2, 0) is 28.3 Å². The first kappa shape index (κ1) is 22.1. The summed E-state index contributed by atoms with van der Waals surface area (Å²) in [6.07, 6.45) is -0.581. The Bertz CT molecular complexity index is 592. The second kappa shape index (κ2) is 10.1. The molecule has 0 aromatic carbocycles. The number of carboxylic acid groups (broad SMARTS) is 2. The summed E-state index contributed by atoms with van der Waals surface area (Å²) in [5, 5.41) is 21.1. The van der Waals surface area contributed by atoms with E-state index in [-0.39, 0.29) is 23.6 Å². The monoisotopic (exact) mass is 387 g/mol. The van der Waals surface area contributed by atoms with Gasteiger partial charge in [0.1, 0.15) is 18.6 Å². The molecule has 0 aliphatic heterocycles. The molecule has 0 saturated heterocycles. The van der Waals surface area contributed by atoms with Gasteiger partial charge in [-0.3, -0.25) is 23.7 Å². The largest absolute Gasteiger partial charge is 0.480 e. The van der Waals surface area contributed by atoms with Gasteiger partial charge in [-0.2, -0.15) is 8.42 Å². The van der Waals surface area contributed by atoms with Crippen molar-refractivity contribution in [3.8, 4) is 0 Å². The maximum atomic E-state index is 11.7. The minimum absolute atomic E-state index is 0.0385. The quantitative estimate of drug-likeness (QED) is 0.160. The van der Waals surface area contributed by atoms with E-state index in [1.807, 2.05) is 5.32 Å². The summed E-state index contributed by atoms with van der Waals surface area (Å²) in [7, 11) is -4.52. The highest BCUT2D eigenvalue weighted by molar-refractivity contribution is 8.69. The van der Waals surface area contributed by atoms with Gasteiger partial charge in [0.25, 0.3) is 0 Å². The zero-order valence-electron chi connectivity index (χ0n) is 12.2. The van der Waals surface area contributed by atoms with Crippen molar-refractivity contribution < 1.29 is 42.4 Å². The van der Waals surface area contributed by atoms with Gasteiger partial charge >= 0.3 is 21.1 Å². The molecular formula is C10H17N3O9S2. The zero-order chi connectivity index (χ0) is 18.9. The summed E-state index contributed by atoms with van der Waals surface area (Å²) in [6.45, 7) is -0.758. The molecule has 24 heavy (non-hydrogen) atoms. The van der Waals surface area contributed by atoms with Gasteiger partial charge in [0.05, 0.1) is 0 Å². The minimum atomic E-state index is -4.49. The molecule has 12 nitrogen and oxygen atoms in total. The number of carbonyl (C=O) groups is 4. The standard InChI is InChI=1S/C10H17N3O9S2/c11-5(10(18)19)1-2-7(14)13-6(4-23-24(20,21)22)9(17)12-3-8(15)16/h5-6H,1-4,11H2,(H,12,17)(H,13,14)(H,15,16)(H,18,19)(H,20,21,22)/t5-,6-/m0/s1. The molecule has 0 fully saturated rings. The van der Waals surface area contributed by atoms with Gasteiger partial charge in [-0.1, -0.05) is 0 Å². The van der Waals surface area contributed by atoms with E-state index in [0.29, 0.717) is 0 Å². The minimum Gasteiger partial charge on any atom is -0.480 e. The van der Waals surface area contributed by atoms with Gasteiger partial charge in [-0.25, -0.2) is 0 Å². The van der Waals surface area contributed by atoms with Crippen LogP contribution in [0.1, 0.15) is 12.8 Å². The number of carboxylic acids is 2. The van der Waals surface area contributed by atoms with Crippen molar-refractivity contribution >= 4 is 43.7 Å². The van der Waals surface area contributed by atoms with Crippen LogP contribution in [0.25, 0.3) is 0 Å². The molecule has 0 saturated carbocycles. The Balaban J connectivity index is 4.72. The number of carbonyl (C=O) groups excluding carboxylic acids is 2. The molecule has 2 amide bonds. The first-order valence-electron chi connectivity index (χ1n) is 6.31. The number of hydrogen-bond donors (Lipinski definition) is 6. The lowest BCUT2D eigenvalue weighted by atomic mass is 10.1. The predicted molar refractivity (Wildman–Crippen MR) is 81.4 cm³/mol. The van der Waals surface area contributed by atoms with Crippen molar-refractivity contribution in [3.63, 3.8) is 0 Å². The third kappa shape index (κ3) is 10.8. The fourth-order valence-electron chi connectivity index (χ4n) is 1.30. The Labute approximate surface area is 140 Å². The summed E-state index contributed by atoms with van der Waals surface area (Å²) in [5.41, 5.74) is 5.21. The van der Waals surface area contributed by atoms with Crippen LogP contribution < -0.4 is 16.4 Å². The lowest BCUT2D eigenvalue weighted by molar-refractivity contribution is -0.139. The van der Waals surface area contributed by atoms with E-state index in [1.54, 1.807) is 0 Å². The highest BCUT2D eigenvalue weighted by Gasteiger charge is 2.24. The second-order valence-electron chi connectivity index (χ2n) is 4.43. The van der Waals surface area contributed by atoms with Crippen molar-refractivity contribution in [2.75, 3.05) is 12.3 Å². The highest BCUT2D eigenvalue weighted by atomic mass is 33.1. The fourth-order valence-corrected chi connectivity index (χ4v) is 2.77. The van der Waals surface area contributed by atoms with Crippen LogP contribution in [-0.4, -0.2) is 71.3 Å². The van der Waals surface area contributed by atoms with Crippen LogP contribution in [0.4, 0.5) is 0 Å². The molecule has 138 valence electrons. The van der Waals surface area contributed by atoms with Gasteiger partial charge in [0, 0.05) is 12.2 Å². The Hall–Kier alpha value is -1.90. The fraction of sp³-hybridized carbons (Fsp3) is 0.600. The Morgan fingerprint density at radius 1 is 1.17 bits per heavy atom. The summed E-state index contributed by atoms with van der Waals surface area (Å²) >= 11 is 0. The molecule has 0 aliphatic carbocycles. The number of amides is 2. The van der Waals surface area contributed by atoms with Crippen molar-refractivity contribution in [1.29, 1.82) is 0 Å². The van der Waals surface area contributed by atoms with Crippen LogP contribution in [0.15, 0.2) is 0 Å². The second-order valence-corrected chi connectivity index (χ2v) is 7.82. The molecule has 0 radical (unpaired) electrons. The molecule has 0 aromatic rings. The van der Waals surface area contributed by atoms with Gasteiger partial charge in [0.2, 0.25) is 11.8 Å². The van der Waals surface area contributed by atoms with E-state index in [4.69, 9.17) is 20.5 Å². The third-order valence-electron chi connectivity index (χ3n) is 2.45. The van der Waals surface area contributed by atoms with Crippen molar-refractivity contribution in [2.24, 2.45) is 5.73 Å². The number of nitrogens with two attached hydrogens (primary N) is 1. The van der Waals surface area contributed by atoms with E-state index < -0.39 is 57.3 Å². The van der Waals surface area contributed by atoms with Gasteiger partial charge in [-0.15, -0.1) is 0 Å². The number of hydrogen-bond acceptors (Lipinski definition) is 8. The molecule has 0 rings (SSSR count). The number of aliphatic carboxylic acids is 2. The van der Waals surface area contributed by atoms with Gasteiger partial charge in [-0.05, 0) is 17.2 Å². The molecule has 0 heterocycles. The molecule has 0 aromatic heterocycles. The summed E-state index contributed by atoms with van der Waals surface area (Å²) in [4.78, 5) is 44.3. The number of rotatable bonds is 11. The van der Waals surface area contributed by atoms with E-state index in [0.717, 1.165) is 0 Å². The molecule has 14 heteroatoms. The maximum Gasteiger partial charge on any atom is 0.322 e. The smallest absolute Gasteiger partial charge is 0.322 e. The van der Waals surface area contributed by atoms with Crippen LogP contribution in [0, 0.1) is 0 Å². The normalized spacial score (nSPS) is 13.6. The first-order valence-corrected chi connectivity index (χ1v) is 9.25. The van der Waals surface area contributed by atoms with E-state index >= 15 is 0 Å². The predicted octanol–water partition coefficient (Wildman–Crippen LogP) is -2.60. The molecular weight excluding hydrogens is 370 g/mol. The molecule has 2 atom stereocenters. The van der Waals surface area contributed by atoms with Crippen LogP contribution >= 0.6 is 10.8 Å². The van der Waals surface area contributed by atoms with Gasteiger partial charge < -0.3 is 26.6 Å². The average molecular weight is 387 g/mol. The SMILES string of the molecule is N[C@@H](CCC(=O)N[C@@H](CSS(=O)(=O)O)C(=O)NCC(=O)O)C(=O)O. The summed E-state index contributed by atoms with van der Waals surface area (Å²) in [5.74, 6) is -5.03. The van der Waals surface area contributed by atoms with Crippen molar-refractivity contribution in [3.05, 3.63) is 0 Å². The molecule has 0 spiro atoms. The highest BCUT2D eigenvalue weighted by Crippen LogP contribution is 2.11. The van der Waals surface area contributed by atoms with Crippen molar-refractivity contribution in [1.82, 2.24) is 10.6 Å². The first-order chi connectivity index (χ1) is 10.9. The van der Waals surface area contributed by atoms with E-state index in [2.05, 4.69) is 5.32 Å². The summed E-state index contributed by atoms with van der Waals surface area (Å²) in [6, 6.07) is -2.74. The molecule has 7 N–H and O–H groups in total. The van der Waals surface area contributed by atoms with Crippen molar-refractivity contribution in [2.45, 2.75) is 24.9 Å². The molecule has 0 aliphatic rings. The summed E-state index contributed by atoms with van der Waals surface area (Å²) < 4.78 is 30.0. The third-order valence-corrected chi connectivity index (χ3v) is 4.52.